The van der Waals surface area contributed by atoms with Crippen LogP contribution in [-0.4, -0.2) is 53.9 Å². The Bertz CT molecular complexity index is 720. The van der Waals surface area contributed by atoms with Crippen LogP contribution in [0.25, 0.3) is 0 Å². The fourth-order valence-electron chi connectivity index (χ4n) is 2.21. The maximum atomic E-state index is 12.4. The lowest BCUT2D eigenvalue weighted by Gasteiger charge is -2.32. The van der Waals surface area contributed by atoms with E-state index < -0.39 is 4.92 Å². The molecular formula is C15H16ClN5O3. The number of carbonyl (C=O) groups excluding carboxylic acids is 1. The van der Waals surface area contributed by atoms with Crippen molar-refractivity contribution in [3.63, 3.8) is 0 Å². The van der Waals surface area contributed by atoms with Crippen molar-refractivity contribution in [2.24, 2.45) is 0 Å². The van der Waals surface area contributed by atoms with Crippen molar-refractivity contribution in [2.45, 2.75) is 0 Å². The van der Waals surface area contributed by atoms with Gasteiger partial charge in [-0.15, -0.1) is 0 Å². The molecular weight excluding hydrogens is 334 g/mol. The highest BCUT2D eigenvalue weighted by atomic mass is 35.5. The number of nitrogens with one attached hydrogen (secondary N) is 1. The molecule has 0 atom stereocenters. The molecule has 24 heavy (non-hydrogen) atoms. The second kappa shape index (κ2) is 7.77. The number of nitro benzene ring substituents is 1. The minimum absolute atomic E-state index is 0.0814. The number of nitrogens with zero attached hydrogens (tertiary/aromatic N) is 4. The number of benzene rings is 1. The third kappa shape index (κ3) is 4.22. The topological polar surface area (TPSA) is 103 Å². The summed E-state index contributed by atoms with van der Waals surface area (Å²) >= 11 is 5.97. The van der Waals surface area contributed by atoms with Crippen LogP contribution in [0.2, 0.25) is 5.02 Å². The van der Waals surface area contributed by atoms with E-state index in [1.54, 1.807) is 4.90 Å². The summed E-state index contributed by atoms with van der Waals surface area (Å²) in [6.45, 7) is 2.58. The molecule has 0 spiro atoms. The van der Waals surface area contributed by atoms with E-state index in [1.807, 2.05) is 13.1 Å². The minimum atomic E-state index is -0.550. The second-order valence-electron chi connectivity index (χ2n) is 5.33. The van der Waals surface area contributed by atoms with Crippen molar-refractivity contribution < 1.29 is 9.72 Å². The minimum Gasteiger partial charge on any atom is -0.359 e. The van der Waals surface area contributed by atoms with E-state index in [4.69, 9.17) is 11.6 Å². The van der Waals surface area contributed by atoms with Crippen LogP contribution in [0.1, 0.15) is 0 Å². The van der Waals surface area contributed by atoms with Gasteiger partial charge in [0.2, 0.25) is 0 Å². The molecule has 0 bridgehead atoms. The van der Waals surface area contributed by atoms with E-state index in [0.717, 1.165) is 13.1 Å². The number of carbonyl (C=O) groups is 1. The number of halogens is 1. The van der Waals surface area contributed by atoms with Crippen molar-refractivity contribution in [3.05, 3.63) is 45.1 Å². The van der Waals surface area contributed by atoms with Gasteiger partial charge in [0.15, 0.2) is 0 Å². The van der Waals surface area contributed by atoms with Crippen LogP contribution in [0.5, 0.6) is 0 Å². The van der Waals surface area contributed by atoms with Crippen LogP contribution < -0.4 is 5.32 Å². The molecule has 1 aliphatic rings. The summed E-state index contributed by atoms with van der Waals surface area (Å²) in [6, 6.07) is 5.75. The number of rotatable bonds is 4. The molecule has 0 unspecified atom stereocenters. The number of likely N-dealkylation sites (N-methyl/N-ethyl adjacent to an activating group) is 1. The van der Waals surface area contributed by atoms with Crippen molar-refractivity contribution >= 4 is 28.9 Å². The van der Waals surface area contributed by atoms with Crippen molar-refractivity contribution in [1.29, 1.82) is 5.26 Å². The summed E-state index contributed by atoms with van der Waals surface area (Å²) in [5.41, 5.74) is 0.0334. The Morgan fingerprint density at radius 2 is 2.08 bits per heavy atom. The largest absolute Gasteiger partial charge is 0.359 e. The maximum Gasteiger partial charge on any atom is 0.271 e. The molecule has 0 aliphatic carbocycles. The van der Waals surface area contributed by atoms with Crippen LogP contribution in [0.15, 0.2) is 30.0 Å². The highest BCUT2D eigenvalue weighted by molar-refractivity contribution is 6.33. The van der Waals surface area contributed by atoms with Gasteiger partial charge in [0.05, 0.1) is 15.6 Å². The summed E-state index contributed by atoms with van der Waals surface area (Å²) in [4.78, 5) is 26.3. The lowest BCUT2D eigenvalue weighted by Crippen LogP contribution is -2.47. The van der Waals surface area contributed by atoms with Gasteiger partial charge in [-0.05, 0) is 13.1 Å². The lowest BCUT2D eigenvalue weighted by atomic mass is 10.2. The molecule has 1 amide bonds. The molecule has 1 aliphatic heterocycles. The second-order valence-corrected chi connectivity index (χ2v) is 5.74. The van der Waals surface area contributed by atoms with Crippen LogP contribution >= 0.6 is 11.6 Å². The van der Waals surface area contributed by atoms with Gasteiger partial charge in [-0.25, -0.2) is 0 Å². The Morgan fingerprint density at radius 1 is 1.42 bits per heavy atom. The van der Waals surface area contributed by atoms with Gasteiger partial charge in [0.1, 0.15) is 11.6 Å². The third-order valence-electron chi connectivity index (χ3n) is 3.67. The van der Waals surface area contributed by atoms with Crippen LogP contribution in [0.3, 0.4) is 0 Å². The molecule has 0 radical (unpaired) electrons. The van der Waals surface area contributed by atoms with E-state index in [2.05, 4.69) is 10.2 Å². The zero-order valence-corrected chi connectivity index (χ0v) is 13.8. The van der Waals surface area contributed by atoms with Crippen LogP contribution in [0.4, 0.5) is 11.4 Å². The van der Waals surface area contributed by atoms with Gasteiger partial charge in [0.25, 0.3) is 11.6 Å². The van der Waals surface area contributed by atoms with E-state index in [0.29, 0.717) is 13.1 Å². The number of hydrogen-bond donors (Lipinski definition) is 1. The number of non-ortho nitro benzene ring substituents is 1. The normalized spacial score (nSPS) is 15.7. The van der Waals surface area contributed by atoms with Crippen molar-refractivity contribution in [3.8, 4) is 6.07 Å². The van der Waals surface area contributed by atoms with Gasteiger partial charge < -0.3 is 15.1 Å². The molecule has 1 aromatic rings. The fourth-order valence-corrected chi connectivity index (χ4v) is 2.38. The smallest absolute Gasteiger partial charge is 0.271 e. The number of anilines is 1. The van der Waals surface area contributed by atoms with Crippen LogP contribution in [-0.2, 0) is 4.79 Å². The molecule has 1 saturated heterocycles. The SMILES string of the molecule is CN1CCN(C(=O)/C(C#N)=C\Nc2cc([N+](=O)[O-])ccc2Cl)CC1. The number of piperazine rings is 1. The van der Waals surface area contributed by atoms with E-state index >= 15 is 0 Å². The predicted octanol–water partition coefficient (Wildman–Crippen LogP) is 1.84. The van der Waals surface area contributed by atoms with Gasteiger partial charge in [-0.3, -0.25) is 14.9 Å². The van der Waals surface area contributed by atoms with E-state index in [9.17, 15) is 20.2 Å². The van der Waals surface area contributed by atoms with Gasteiger partial charge in [-0.1, -0.05) is 11.6 Å². The Hall–Kier alpha value is -2.63. The molecule has 2 rings (SSSR count). The molecule has 126 valence electrons. The average molecular weight is 350 g/mol. The molecule has 1 heterocycles. The Balaban J connectivity index is 2.14. The molecule has 0 saturated carbocycles. The third-order valence-corrected chi connectivity index (χ3v) is 4.00. The first kappa shape index (κ1) is 17.7. The summed E-state index contributed by atoms with van der Waals surface area (Å²) in [7, 11) is 1.97. The van der Waals surface area contributed by atoms with Crippen molar-refractivity contribution in [2.75, 3.05) is 38.5 Å². The first-order valence-electron chi connectivity index (χ1n) is 7.21. The number of nitro groups is 1. The van der Waals surface area contributed by atoms with E-state index in [1.165, 1.54) is 24.4 Å². The Kier molecular flexibility index (Phi) is 5.73. The van der Waals surface area contributed by atoms with Gasteiger partial charge >= 0.3 is 0 Å². The first-order valence-corrected chi connectivity index (χ1v) is 7.58. The van der Waals surface area contributed by atoms with Gasteiger partial charge in [-0.2, -0.15) is 5.26 Å². The first-order chi connectivity index (χ1) is 11.4. The van der Waals surface area contributed by atoms with Gasteiger partial charge in [0, 0.05) is 44.5 Å². The highest BCUT2D eigenvalue weighted by Crippen LogP contribution is 2.26. The fraction of sp³-hybridized carbons (Fsp3) is 0.333. The standard InChI is InChI=1S/C15H16ClN5O3/c1-19-4-6-20(7-5-19)15(22)11(9-17)10-18-14-8-12(21(23)24)2-3-13(14)16/h2-3,8,10,18H,4-7H2,1H3/b11-10-. The monoisotopic (exact) mass is 349 g/mol. The number of nitriles is 1. The number of hydrogen-bond acceptors (Lipinski definition) is 6. The average Bonchev–Trinajstić information content (AvgIpc) is 2.57. The summed E-state index contributed by atoms with van der Waals surface area (Å²) in [6.07, 6.45) is 1.23. The molecule has 0 aromatic heterocycles. The Morgan fingerprint density at radius 3 is 2.67 bits per heavy atom. The molecule has 1 fully saturated rings. The number of amides is 1. The maximum absolute atomic E-state index is 12.4. The summed E-state index contributed by atoms with van der Waals surface area (Å²) in [5, 5.41) is 23.0. The van der Waals surface area contributed by atoms with Crippen LogP contribution in [0, 0.1) is 21.4 Å². The predicted molar refractivity (Wildman–Crippen MR) is 89.5 cm³/mol. The molecule has 9 heteroatoms. The molecule has 8 nitrogen and oxygen atoms in total. The zero-order chi connectivity index (χ0) is 17.7. The summed E-state index contributed by atoms with van der Waals surface area (Å²) < 4.78 is 0. The van der Waals surface area contributed by atoms with Crippen molar-refractivity contribution in [1.82, 2.24) is 9.80 Å². The zero-order valence-electron chi connectivity index (χ0n) is 13.0. The molecule has 1 aromatic carbocycles. The lowest BCUT2D eigenvalue weighted by molar-refractivity contribution is -0.384. The summed E-state index contributed by atoms with van der Waals surface area (Å²) in [5.74, 6) is -0.375. The quantitative estimate of drug-likeness (QED) is 0.385. The highest BCUT2D eigenvalue weighted by Gasteiger charge is 2.22. The Labute approximate surface area is 144 Å². The molecule has 1 N–H and O–H groups in total. The van der Waals surface area contributed by atoms with E-state index in [-0.39, 0.29) is 27.9 Å².